The number of nitrogens with zero attached hydrogens (tertiary/aromatic N) is 5. The molecule has 0 saturated heterocycles. The van der Waals surface area contributed by atoms with Crippen LogP contribution in [0.15, 0.2) is 60.4 Å². The molecule has 1 heterocycles. The van der Waals surface area contributed by atoms with Crippen molar-refractivity contribution in [3.05, 3.63) is 88.7 Å². The summed E-state index contributed by atoms with van der Waals surface area (Å²) in [5.74, 6) is 0. The molecule has 0 amide bonds. The lowest BCUT2D eigenvalue weighted by atomic mass is 10.0. The van der Waals surface area contributed by atoms with Crippen LogP contribution >= 0.6 is 0 Å². The van der Waals surface area contributed by atoms with Crippen LogP contribution in [0.2, 0.25) is 0 Å². The summed E-state index contributed by atoms with van der Waals surface area (Å²) in [6.07, 6.45) is 1.63. The van der Waals surface area contributed by atoms with Crippen LogP contribution in [0.4, 0.5) is 0 Å². The number of hydrogen-bond acceptors (Lipinski definition) is 4. The molecule has 0 saturated carbocycles. The molecule has 0 bridgehead atoms. The van der Waals surface area contributed by atoms with Gasteiger partial charge in [-0.05, 0) is 17.7 Å². The third-order valence-corrected chi connectivity index (χ3v) is 4.23. The maximum atomic E-state index is 9.32. The van der Waals surface area contributed by atoms with Gasteiger partial charge in [0.1, 0.15) is 0 Å². The largest absolute Gasteiger partial charge is 0.271 e. The van der Waals surface area contributed by atoms with Crippen molar-refractivity contribution in [2.75, 3.05) is 0 Å². The van der Waals surface area contributed by atoms with Crippen LogP contribution in [0.25, 0.3) is 32.9 Å². The predicted octanol–water partition coefficient (Wildman–Crippen LogP) is 4.20. The molecule has 2 aromatic carbocycles. The molecule has 1 aromatic heterocycles. The summed E-state index contributed by atoms with van der Waals surface area (Å²) in [4.78, 5) is 12.6. The molecule has 5 nitrogen and oxygen atoms in total. The Morgan fingerprint density at radius 3 is 2.35 bits per heavy atom. The Kier molecular flexibility index (Phi) is 3.51. The van der Waals surface area contributed by atoms with E-state index in [0.29, 0.717) is 28.2 Å². The van der Waals surface area contributed by atoms with Gasteiger partial charge in [-0.3, -0.25) is 4.98 Å². The molecule has 0 radical (unpaired) electrons. The third kappa shape index (κ3) is 2.23. The summed E-state index contributed by atoms with van der Waals surface area (Å²) < 4.78 is 0. The lowest BCUT2D eigenvalue weighted by molar-refractivity contribution is 1.19. The fourth-order valence-corrected chi connectivity index (χ4v) is 3.03. The second kappa shape index (κ2) is 5.98. The summed E-state index contributed by atoms with van der Waals surface area (Å²) in [6.45, 7) is 7.29. The molecule has 3 aromatic rings. The highest BCUT2D eigenvalue weighted by Crippen LogP contribution is 2.44. The van der Waals surface area contributed by atoms with E-state index in [-0.39, 0.29) is 5.70 Å². The van der Waals surface area contributed by atoms with Gasteiger partial charge < -0.3 is 0 Å². The van der Waals surface area contributed by atoms with Crippen LogP contribution < -0.4 is 0 Å². The summed E-state index contributed by atoms with van der Waals surface area (Å²) >= 11 is 0. The Labute approximate surface area is 150 Å². The number of fused-ring (bicyclic) bond motifs is 3. The van der Waals surface area contributed by atoms with Gasteiger partial charge in [0.15, 0.2) is 0 Å². The minimum atomic E-state index is 0.0108. The van der Waals surface area contributed by atoms with Gasteiger partial charge in [0.25, 0.3) is 5.70 Å². The first-order valence-corrected chi connectivity index (χ1v) is 7.76. The van der Waals surface area contributed by atoms with E-state index in [2.05, 4.69) is 15.9 Å². The number of allylic oxidation sites excluding steroid dienone is 1. The number of rotatable bonds is 1. The number of aromatic nitrogens is 2. The van der Waals surface area contributed by atoms with Crippen LogP contribution in [0.5, 0.6) is 0 Å². The van der Waals surface area contributed by atoms with E-state index >= 15 is 0 Å². The number of hydrogen-bond donors (Lipinski definition) is 0. The molecule has 118 valence electrons. The van der Waals surface area contributed by atoms with Gasteiger partial charge in [-0.25, -0.2) is 15.1 Å². The van der Waals surface area contributed by atoms with Gasteiger partial charge in [0, 0.05) is 16.7 Å². The van der Waals surface area contributed by atoms with E-state index < -0.39 is 0 Å². The van der Waals surface area contributed by atoms with E-state index in [4.69, 9.17) is 16.8 Å². The SMILES string of the molecule is [C-]#[N+]/C(C#N)=C1\c2ccccc2-c2nc(-c3ccc(C#N)cc3)cnc21. The average Bonchev–Trinajstić information content (AvgIpc) is 3.03. The van der Waals surface area contributed by atoms with Crippen molar-refractivity contribution in [2.45, 2.75) is 0 Å². The fourth-order valence-electron chi connectivity index (χ4n) is 3.03. The van der Waals surface area contributed by atoms with Gasteiger partial charge in [-0.1, -0.05) is 36.4 Å². The zero-order chi connectivity index (χ0) is 18.1. The Morgan fingerprint density at radius 1 is 0.962 bits per heavy atom. The molecule has 0 N–H and O–H groups in total. The monoisotopic (exact) mass is 331 g/mol. The van der Waals surface area contributed by atoms with Crippen LogP contribution in [0, 0.1) is 29.2 Å². The molecule has 1 aliphatic rings. The van der Waals surface area contributed by atoms with E-state index in [1.807, 2.05) is 42.5 Å². The maximum Gasteiger partial charge on any atom is 0.271 e. The zero-order valence-corrected chi connectivity index (χ0v) is 13.4. The van der Waals surface area contributed by atoms with Crippen molar-refractivity contribution in [1.29, 1.82) is 10.5 Å². The zero-order valence-electron chi connectivity index (χ0n) is 13.4. The maximum absolute atomic E-state index is 9.32. The van der Waals surface area contributed by atoms with E-state index in [0.717, 1.165) is 16.7 Å². The first kappa shape index (κ1) is 15.3. The van der Waals surface area contributed by atoms with Gasteiger partial charge in [0.05, 0.1) is 47.6 Å². The molecule has 5 heteroatoms. The topological polar surface area (TPSA) is 77.7 Å². The van der Waals surface area contributed by atoms with Crippen LogP contribution in [-0.2, 0) is 0 Å². The highest BCUT2D eigenvalue weighted by molar-refractivity contribution is 6.01. The van der Waals surface area contributed by atoms with Crippen molar-refractivity contribution in [3.63, 3.8) is 0 Å². The third-order valence-electron chi connectivity index (χ3n) is 4.23. The number of benzene rings is 2. The molecule has 0 aliphatic heterocycles. The molecule has 0 fully saturated rings. The van der Waals surface area contributed by atoms with Crippen molar-refractivity contribution >= 4 is 5.57 Å². The minimum absolute atomic E-state index is 0.0108. The Hall–Kier alpha value is -4.27. The van der Waals surface area contributed by atoms with E-state index in [9.17, 15) is 5.26 Å². The highest BCUT2D eigenvalue weighted by atomic mass is 14.8. The smallest absolute Gasteiger partial charge is 0.253 e. The van der Waals surface area contributed by atoms with Crippen molar-refractivity contribution in [3.8, 4) is 34.7 Å². The van der Waals surface area contributed by atoms with E-state index in [1.54, 1.807) is 18.3 Å². The first-order chi connectivity index (χ1) is 12.8. The van der Waals surface area contributed by atoms with Crippen LogP contribution in [0.3, 0.4) is 0 Å². The van der Waals surface area contributed by atoms with Gasteiger partial charge in [-0.2, -0.15) is 5.26 Å². The molecule has 0 unspecified atom stereocenters. The van der Waals surface area contributed by atoms with Gasteiger partial charge in [-0.15, -0.1) is 0 Å². The lowest BCUT2D eigenvalue weighted by Gasteiger charge is -2.05. The summed E-state index contributed by atoms with van der Waals surface area (Å²) in [5.41, 5.74) is 5.51. The number of nitriles is 2. The quantitative estimate of drug-likeness (QED) is 0.387. The molecule has 26 heavy (non-hydrogen) atoms. The average molecular weight is 331 g/mol. The van der Waals surface area contributed by atoms with Crippen molar-refractivity contribution < 1.29 is 0 Å². The second-order valence-corrected chi connectivity index (χ2v) is 5.63. The highest BCUT2D eigenvalue weighted by Gasteiger charge is 2.29. The van der Waals surface area contributed by atoms with Crippen LogP contribution in [-0.4, -0.2) is 9.97 Å². The lowest BCUT2D eigenvalue weighted by Crippen LogP contribution is -1.94. The Balaban J connectivity index is 1.95. The molecule has 1 aliphatic carbocycles. The fraction of sp³-hybridized carbons (Fsp3) is 0. The van der Waals surface area contributed by atoms with E-state index in [1.165, 1.54) is 0 Å². The molecule has 0 atom stereocenters. The molecule has 0 spiro atoms. The normalized spacial score (nSPS) is 13.0. The van der Waals surface area contributed by atoms with Crippen molar-refractivity contribution in [2.24, 2.45) is 0 Å². The van der Waals surface area contributed by atoms with Crippen LogP contribution in [0.1, 0.15) is 16.8 Å². The molecular weight excluding hydrogens is 322 g/mol. The summed E-state index contributed by atoms with van der Waals surface area (Å²) in [6, 6.07) is 18.7. The summed E-state index contributed by atoms with van der Waals surface area (Å²) in [5, 5.41) is 18.3. The summed E-state index contributed by atoms with van der Waals surface area (Å²) in [7, 11) is 0. The Bertz CT molecular complexity index is 1180. The first-order valence-electron chi connectivity index (χ1n) is 7.76. The van der Waals surface area contributed by atoms with Crippen molar-refractivity contribution in [1.82, 2.24) is 9.97 Å². The Morgan fingerprint density at radius 2 is 1.69 bits per heavy atom. The second-order valence-electron chi connectivity index (χ2n) is 5.63. The molecular formula is C21H9N5. The standard InChI is InChI=1S/C21H9N5/c1-24-17(11-23)19-15-4-2-3-5-16(15)20-21(19)25-12-18(26-20)14-8-6-13(10-22)7-9-14/h2-9,12H/b19-17+. The molecule has 4 rings (SSSR count). The minimum Gasteiger partial charge on any atom is -0.253 e. The van der Waals surface area contributed by atoms with Gasteiger partial charge in [0.2, 0.25) is 0 Å². The predicted molar refractivity (Wildman–Crippen MR) is 95.9 cm³/mol. The van der Waals surface area contributed by atoms with Gasteiger partial charge >= 0.3 is 0 Å².